The second-order valence-electron chi connectivity index (χ2n) is 5.29. The summed E-state index contributed by atoms with van der Waals surface area (Å²) < 4.78 is 7.05. The van der Waals surface area contributed by atoms with Crippen LogP contribution in [0, 0.1) is 0 Å². The smallest absolute Gasteiger partial charge is 0.214 e. The molecule has 26 heavy (non-hydrogen) atoms. The van der Waals surface area contributed by atoms with Gasteiger partial charge in [0.25, 0.3) is 0 Å². The van der Waals surface area contributed by atoms with E-state index in [1.54, 1.807) is 22.8 Å². The van der Waals surface area contributed by atoms with E-state index in [9.17, 15) is 0 Å². The highest BCUT2D eigenvalue weighted by Gasteiger charge is 2.14. The molecule has 0 saturated heterocycles. The molecule has 8 nitrogen and oxygen atoms in total. The van der Waals surface area contributed by atoms with Crippen LogP contribution in [0.15, 0.2) is 66.0 Å². The van der Waals surface area contributed by atoms with Crippen molar-refractivity contribution >= 4 is 11.8 Å². The summed E-state index contributed by atoms with van der Waals surface area (Å²) in [5, 5.41) is 21.4. The van der Waals surface area contributed by atoms with Crippen LogP contribution in [0.1, 0.15) is 5.69 Å². The first-order chi connectivity index (χ1) is 12.8. The summed E-state index contributed by atoms with van der Waals surface area (Å²) in [6.45, 7) is 0. The highest BCUT2D eigenvalue weighted by molar-refractivity contribution is 7.98. The van der Waals surface area contributed by atoms with Gasteiger partial charge in [-0.3, -0.25) is 0 Å². The monoisotopic (exact) mass is 365 g/mol. The summed E-state index contributed by atoms with van der Waals surface area (Å²) in [7, 11) is 1.62. The molecule has 4 aromatic rings. The van der Waals surface area contributed by atoms with Crippen molar-refractivity contribution in [1.82, 2.24) is 35.2 Å². The van der Waals surface area contributed by atoms with Crippen molar-refractivity contribution in [1.29, 1.82) is 0 Å². The SMILES string of the molecule is COc1ccccc1-n1nnnc1SCc1cnn(-c2ccccc2)n1. The minimum Gasteiger partial charge on any atom is -0.494 e. The maximum atomic E-state index is 5.39. The predicted molar refractivity (Wildman–Crippen MR) is 96.6 cm³/mol. The number of nitrogens with zero attached hydrogens (tertiary/aromatic N) is 7. The molecule has 2 heterocycles. The largest absolute Gasteiger partial charge is 0.494 e. The van der Waals surface area contributed by atoms with Gasteiger partial charge in [-0.1, -0.05) is 42.1 Å². The number of aromatic nitrogens is 7. The van der Waals surface area contributed by atoms with Crippen LogP contribution in [0.5, 0.6) is 5.75 Å². The Kier molecular flexibility index (Phi) is 4.61. The zero-order chi connectivity index (χ0) is 17.8. The van der Waals surface area contributed by atoms with E-state index in [-0.39, 0.29) is 0 Å². The molecule has 0 amide bonds. The fourth-order valence-corrected chi connectivity index (χ4v) is 3.17. The van der Waals surface area contributed by atoms with Gasteiger partial charge >= 0.3 is 0 Å². The topological polar surface area (TPSA) is 83.5 Å². The number of ether oxygens (including phenoxy) is 1. The number of hydrogen-bond acceptors (Lipinski definition) is 7. The van der Waals surface area contributed by atoms with Crippen molar-refractivity contribution in [2.75, 3.05) is 7.11 Å². The first kappa shape index (κ1) is 16.3. The van der Waals surface area contributed by atoms with Crippen LogP contribution in [-0.2, 0) is 5.75 Å². The summed E-state index contributed by atoms with van der Waals surface area (Å²) in [5.41, 5.74) is 2.55. The Morgan fingerprint density at radius 3 is 2.69 bits per heavy atom. The first-order valence-electron chi connectivity index (χ1n) is 7.86. The minimum absolute atomic E-state index is 0.600. The highest BCUT2D eigenvalue weighted by Crippen LogP contribution is 2.26. The molecule has 2 aromatic carbocycles. The van der Waals surface area contributed by atoms with Crippen molar-refractivity contribution < 1.29 is 4.74 Å². The van der Waals surface area contributed by atoms with E-state index in [0.717, 1.165) is 17.1 Å². The second kappa shape index (κ2) is 7.36. The molecule has 0 bridgehead atoms. The Morgan fingerprint density at radius 2 is 1.85 bits per heavy atom. The number of methoxy groups -OCH3 is 1. The van der Waals surface area contributed by atoms with Crippen LogP contribution >= 0.6 is 11.8 Å². The summed E-state index contributed by atoms with van der Waals surface area (Å²) in [5.74, 6) is 1.30. The van der Waals surface area contributed by atoms with Gasteiger partial charge in [-0.25, -0.2) is 0 Å². The van der Waals surface area contributed by atoms with E-state index >= 15 is 0 Å². The van der Waals surface area contributed by atoms with Crippen molar-refractivity contribution in [3.8, 4) is 17.1 Å². The standard InChI is InChI=1S/C17H15N7OS/c1-25-16-10-6-5-9-15(16)23-17(19-21-22-23)26-12-13-11-18-24(20-13)14-7-3-2-4-8-14/h2-11H,12H2,1H3. The summed E-state index contributed by atoms with van der Waals surface area (Å²) in [6.07, 6.45) is 1.75. The van der Waals surface area contributed by atoms with E-state index in [2.05, 4.69) is 25.7 Å². The number of rotatable bonds is 6. The number of thioether (sulfide) groups is 1. The molecule has 2 aromatic heterocycles. The molecular formula is C17H15N7OS. The summed E-state index contributed by atoms with van der Waals surface area (Å²) in [6, 6.07) is 17.4. The van der Waals surface area contributed by atoms with Crippen molar-refractivity contribution in [2.24, 2.45) is 0 Å². The lowest BCUT2D eigenvalue weighted by atomic mass is 10.3. The zero-order valence-electron chi connectivity index (χ0n) is 13.9. The van der Waals surface area contributed by atoms with Crippen LogP contribution in [0.2, 0.25) is 0 Å². The third kappa shape index (κ3) is 3.29. The molecule has 0 aliphatic rings. The number of hydrogen-bond donors (Lipinski definition) is 0. The van der Waals surface area contributed by atoms with Gasteiger partial charge in [0.15, 0.2) is 0 Å². The molecular weight excluding hydrogens is 350 g/mol. The molecule has 0 saturated carbocycles. The second-order valence-corrected chi connectivity index (χ2v) is 6.24. The fraction of sp³-hybridized carbons (Fsp3) is 0.118. The highest BCUT2D eigenvalue weighted by atomic mass is 32.2. The lowest BCUT2D eigenvalue weighted by Crippen LogP contribution is -2.02. The Morgan fingerprint density at radius 1 is 1.04 bits per heavy atom. The van der Waals surface area contributed by atoms with Crippen LogP contribution in [0.3, 0.4) is 0 Å². The van der Waals surface area contributed by atoms with Crippen LogP contribution in [0.25, 0.3) is 11.4 Å². The van der Waals surface area contributed by atoms with Gasteiger partial charge < -0.3 is 4.74 Å². The molecule has 0 fully saturated rings. The molecule has 0 N–H and O–H groups in total. The Labute approximate surface area is 153 Å². The third-order valence-corrected chi connectivity index (χ3v) is 4.58. The lowest BCUT2D eigenvalue weighted by Gasteiger charge is -2.08. The first-order valence-corrected chi connectivity index (χ1v) is 8.85. The minimum atomic E-state index is 0.600. The van der Waals surface area contributed by atoms with E-state index in [1.165, 1.54) is 11.8 Å². The third-order valence-electron chi connectivity index (χ3n) is 3.63. The predicted octanol–water partition coefficient (Wildman–Crippen LogP) is 2.54. The zero-order valence-corrected chi connectivity index (χ0v) is 14.7. The molecule has 0 unspecified atom stereocenters. The van der Waals surface area contributed by atoms with E-state index in [1.807, 2.05) is 54.6 Å². The quantitative estimate of drug-likeness (QED) is 0.486. The van der Waals surface area contributed by atoms with Crippen LogP contribution < -0.4 is 4.74 Å². The van der Waals surface area contributed by atoms with E-state index in [4.69, 9.17) is 4.74 Å². The van der Waals surface area contributed by atoms with Crippen molar-refractivity contribution in [3.05, 3.63) is 66.5 Å². The Bertz CT molecular complexity index is 999. The summed E-state index contributed by atoms with van der Waals surface area (Å²) >= 11 is 1.48. The molecule has 130 valence electrons. The van der Waals surface area contributed by atoms with Gasteiger partial charge in [-0.05, 0) is 34.7 Å². The van der Waals surface area contributed by atoms with Gasteiger partial charge in [0, 0.05) is 5.75 Å². The maximum absolute atomic E-state index is 5.39. The average molecular weight is 365 g/mol. The summed E-state index contributed by atoms with van der Waals surface area (Å²) in [4.78, 5) is 1.61. The lowest BCUT2D eigenvalue weighted by molar-refractivity contribution is 0.410. The van der Waals surface area contributed by atoms with Crippen molar-refractivity contribution in [3.63, 3.8) is 0 Å². The molecule has 0 spiro atoms. The fourth-order valence-electron chi connectivity index (χ4n) is 2.41. The van der Waals surface area contributed by atoms with Crippen LogP contribution in [0.4, 0.5) is 0 Å². The van der Waals surface area contributed by atoms with Gasteiger partial charge in [0.1, 0.15) is 11.4 Å². The van der Waals surface area contributed by atoms with Gasteiger partial charge in [0.2, 0.25) is 5.16 Å². The molecule has 9 heteroatoms. The maximum Gasteiger partial charge on any atom is 0.214 e. The number of para-hydroxylation sites is 3. The van der Waals surface area contributed by atoms with Crippen molar-refractivity contribution in [2.45, 2.75) is 10.9 Å². The number of benzene rings is 2. The van der Waals surface area contributed by atoms with Gasteiger partial charge in [0.05, 0.1) is 24.7 Å². The normalized spacial score (nSPS) is 10.8. The van der Waals surface area contributed by atoms with Gasteiger partial charge in [-0.15, -0.1) is 5.10 Å². The van der Waals surface area contributed by atoms with E-state index in [0.29, 0.717) is 16.7 Å². The van der Waals surface area contributed by atoms with E-state index < -0.39 is 0 Å². The molecule has 0 aliphatic heterocycles. The Balaban J connectivity index is 1.52. The van der Waals surface area contributed by atoms with Crippen LogP contribution in [-0.4, -0.2) is 42.3 Å². The average Bonchev–Trinajstić information content (AvgIpc) is 3.36. The molecule has 0 aliphatic carbocycles. The molecule has 0 radical (unpaired) electrons. The Hall–Kier alpha value is -3.20. The number of tetrazole rings is 1. The van der Waals surface area contributed by atoms with Gasteiger partial charge in [-0.2, -0.15) is 19.7 Å². The molecule has 4 rings (SSSR count). The molecule has 0 atom stereocenters.